The van der Waals surface area contributed by atoms with Gasteiger partial charge in [0.05, 0.1) is 5.92 Å². The molecule has 0 aliphatic heterocycles. The molecule has 0 rings (SSSR count). The van der Waals surface area contributed by atoms with E-state index >= 15 is 0 Å². The van der Waals surface area contributed by atoms with Crippen LogP contribution in [0.2, 0.25) is 0 Å². The number of hydrogen-bond acceptors (Lipinski definition) is 5. The van der Waals surface area contributed by atoms with Crippen LogP contribution in [0.4, 0.5) is 4.79 Å². The number of carboxylic acid groups (broad SMARTS) is 1. The van der Waals surface area contributed by atoms with Gasteiger partial charge in [0.15, 0.2) is 0 Å². The SMILES string of the molecule is CSSC(CCC(C)C(=O)O)CNC(=O)OC(C)(C)C. The number of amides is 1. The summed E-state index contributed by atoms with van der Waals surface area (Å²) in [5, 5.41) is 11.8. The normalized spacial score (nSPS) is 14.4. The van der Waals surface area contributed by atoms with E-state index in [9.17, 15) is 9.59 Å². The quantitative estimate of drug-likeness (QED) is 0.667. The molecule has 0 heterocycles. The number of aliphatic carboxylic acids is 1. The molecule has 0 aromatic heterocycles. The first-order chi connectivity index (χ1) is 9.15. The minimum atomic E-state index is -0.780. The van der Waals surface area contributed by atoms with Gasteiger partial charge >= 0.3 is 12.1 Å². The average Bonchev–Trinajstić information content (AvgIpc) is 2.29. The Morgan fingerprint density at radius 2 is 1.90 bits per heavy atom. The molecule has 2 unspecified atom stereocenters. The minimum absolute atomic E-state index is 0.180. The van der Waals surface area contributed by atoms with Gasteiger partial charge in [0, 0.05) is 11.8 Å². The Labute approximate surface area is 129 Å². The van der Waals surface area contributed by atoms with Crippen molar-refractivity contribution in [2.24, 2.45) is 5.92 Å². The first-order valence-electron chi connectivity index (χ1n) is 6.55. The minimum Gasteiger partial charge on any atom is -0.481 e. The van der Waals surface area contributed by atoms with Crippen molar-refractivity contribution in [3.63, 3.8) is 0 Å². The highest BCUT2D eigenvalue weighted by molar-refractivity contribution is 8.76. The lowest BCUT2D eigenvalue weighted by Gasteiger charge is -2.21. The fraction of sp³-hybridized carbons (Fsp3) is 0.846. The third-order valence-electron chi connectivity index (χ3n) is 2.45. The maximum atomic E-state index is 11.6. The lowest BCUT2D eigenvalue weighted by Crippen LogP contribution is -2.36. The second-order valence-electron chi connectivity index (χ2n) is 5.58. The summed E-state index contributed by atoms with van der Waals surface area (Å²) in [4.78, 5) is 22.4. The fourth-order valence-corrected chi connectivity index (χ4v) is 3.36. The molecule has 0 bridgehead atoms. The van der Waals surface area contributed by atoms with Gasteiger partial charge in [-0.1, -0.05) is 28.5 Å². The lowest BCUT2D eigenvalue weighted by atomic mass is 10.0. The molecule has 20 heavy (non-hydrogen) atoms. The zero-order valence-electron chi connectivity index (χ0n) is 12.8. The van der Waals surface area contributed by atoms with E-state index in [1.165, 1.54) is 0 Å². The number of ether oxygens (including phenoxy) is 1. The average molecular weight is 323 g/mol. The van der Waals surface area contributed by atoms with E-state index < -0.39 is 17.7 Å². The van der Waals surface area contributed by atoms with Crippen LogP contribution in [0, 0.1) is 5.92 Å². The van der Waals surface area contributed by atoms with E-state index in [4.69, 9.17) is 9.84 Å². The van der Waals surface area contributed by atoms with Crippen LogP contribution in [0.3, 0.4) is 0 Å². The maximum absolute atomic E-state index is 11.6. The summed E-state index contributed by atoms with van der Waals surface area (Å²) < 4.78 is 5.17. The van der Waals surface area contributed by atoms with Crippen LogP contribution in [-0.4, -0.2) is 40.8 Å². The van der Waals surface area contributed by atoms with Crippen molar-refractivity contribution in [2.45, 2.75) is 51.4 Å². The van der Waals surface area contributed by atoms with Crippen LogP contribution in [0.25, 0.3) is 0 Å². The monoisotopic (exact) mass is 323 g/mol. The molecule has 0 saturated heterocycles. The zero-order chi connectivity index (χ0) is 15.8. The molecular weight excluding hydrogens is 298 g/mol. The Morgan fingerprint density at radius 3 is 2.35 bits per heavy atom. The summed E-state index contributed by atoms with van der Waals surface area (Å²) in [5.41, 5.74) is -0.510. The van der Waals surface area contributed by atoms with Crippen LogP contribution in [-0.2, 0) is 9.53 Å². The van der Waals surface area contributed by atoms with Crippen LogP contribution in [0.15, 0.2) is 0 Å². The predicted octanol–water partition coefficient (Wildman–Crippen LogP) is 3.39. The van der Waals surface area contributed by atoms with Crippen LogP contribution in [0.5, 0.6) is 0 Å². The Bertz CT molecular complexity index is 318. The Hall–Kier alpha value is -0.560. The van der Waals surface area contributed by atoms with E-state index in [1.807, 2.05) is 27.0 Å². The molecule has 0 fully saturated rings. The molecule has 0 spiro atoms. The van der Waals surface area contributed by atoms with Gasteiger partial charge in [-0.3, -0.25) is 4.79 Å². The summed E-state index contributed by atoms with van der Waals surface area (Å²) >= 11 is 0. The highest BCUT2D eigenvalue weighted by atomic mass is 33.1. The standard InChI is InChI=1S/C13H25NO4S2/c1-9(11(15)16)6-7-10(20-19-5)8-14-12(17)18-13(2,3)4/h9-10H,6-8H2,1-5H3,(H,14,17)(H,15,16). The molecule has 0 aromatic carbocycles. The summed E-state index contributed by atoms with van der Waals surface area (Å²) in [6.07, 6.45) is 2.87. The van der Waals surface area contributed by atoms with Gasteiger partial charge in [0.1, 0.15) is 5.60 Å². The molecule has 2 N–H and O–H groups in total. The molecule has 118 valence electrons. The van der Waals surface area contributed by atoms with E-state index in [1.54, 1.807) is 28.5 Å². The van der Waals surface area contributed by atoms with E-state index in [0.29, 0.717) is 13.0 Å². The molecule has 0 radical (unpaired) electrons. The Morgan fingerprint density at radius 1 is 1.30 bits per heavy atom. The van der Waals surface area contributed by atoms with E-state index in [2.05, 4.69) is 5.32 Å². The van der Waals surface area contributed by atoms with Crippen molar-refractivity contribution >= 4 is 33.7 Å². The number of alkyl carbamates (subject to hydrolysis) is 1. The molecule has 0 aliphatic carbocycles. The number of nitrogens with one attached hydrogen (secondary N) is 1. The molecular formula is C13H25NO4S2. The molecule has 0 aromatic rings. The van der Waals surface area contributed by atoms with Crippen molar-refractivity contribution in [1.82, 2.24) is 5.32 Å². The van der Waals surface area contributed by atoms with Gasteiger partial charge < -0.3 is 15.2 Å². The highest BCUT2D eigenvalue weighted by Gasteiger charge is 2.19. The lowest BCUT2D eigenvalue weighted by molar-refractivity contribution is -0.141. The first kappa shape index (κ1) is 19.4. The van der Waals surface area contributed by atoms with Gasteiger partial charge in [-0.05, 0) is 39.9 Å². The van der Waals surface area contributed by atoms with Gasteiger partial charge in [0.2, 0.25) is 0 Å². The zero-order valence-corrected chi connectivity index (χ0v) is 14.4. The number of carbonyl (C=O) groups excluding carboxylic acids is 1. The van der Waals surface area contributed by atoms with Crippen molar-refractivity contribution in [3.8, 4) is 0 Å². The number of carboxylic acids is 1. The van der Waals surface area contributed by atoms with Crippen molar-refractivity contribution < 1.29 is 19.4 Å². The van der Waals surface area contributed by atoms with Crippen LogP contribution in [0.1, 0.15) is 40.5 Å². The Balaban J connectivity index is 4.14. The van der Waals surface area contributed by atoms with Crippen molar-refractivity contribution in [3.05, 3.63) is 0 Å². The number of rotatable bonds is 8. The first-order valence-corrected chi connectivity index (χ1v) is 9.17. The maximum Gasteiger partial charge on any atom is 0.407 e. The van der Waals surface area contributed by atoms with E-state index in [-0.39, 0.29) is 11.2 Å². The second kappa shape index (κ2) is 9.39. The van der Waals surface area contributed by atoms with Crippen molar-refractivity contribution in [2.75, 3.05) is 12.8 Å². The molecule has 5 nitrogen and oxygen atoms in total. The van der Waals surface area contributed by atoms with Gasteiger partial charge in [0.25, 0.3) is 0 Å². The topological polar surface area (TPSA) is 75.6 Å². The van der Waals surface area contributed by atoms with Crippen LogP contribution >= 0.6 is 21.6 Å². The summed E-state index contributed by atoms with van der Waals surface area (Å²) in [6, 6.07) is 0. The van der Waals surface area contributed by atoms with Crippen LogP contribution < -0.4 is 5.32 Å². The summed E-state index contributed by atoms with van der Waals surface area (Å²) in [6.45, 7) is 7.62. The van der Waals surface area contributed by atoms with Crippen molar-refractivity contribution in [1.29, 1.82) is 0 Å². The number of carbonyl (C=O) groups is 2. The second-order valence-corrected chi connectivity index (χ2v) is 8.35. The molecule has 0 saturated carbocycles. The number of hydrogen-bond donors (Lipinski definition) is 2. The summed E-state index contributed by atoms with van der Waals surface area (Å²) in [5.74, 6) is -1.14. The third-order valence-corrected chi connectivity index (χ3v) is 4.71. The van der Waals surface area contributed by atoms with Gasteiger partial charge in [-0.15, -0.1) is 0 Å². The largest absolute Gasteiger partial charge is 0.481 e. The summed E-state index contributed by atoms with van der Waals surface area (Å²) in [7, 11) is 3.26. The molecule has 1 amide bonds. The van der Waals surface area contributed by atoms with E-state index in [0.717, 1.165) is 6.42 Å². The molecule has 2 atom stereocenters. The fourth-order valence-electron chi connectivity index (χ4n) is 1.39. The third kappa shape index (κ3) is 10.3. The van der Waals surface area contributed by atoms with Gasteiger partial charge in [-0.25, -0.2) is 4.79 Å². The highest BCUT2D eigenvalue weighted by Crippen LogP contribution is 2.27. The predicted molar refractivity (Wildman–Crippen MR) is 85.2 cm³/mol. The smallest absolute Gasteiger partial charge is 0.407 e. The Kier molecular flexibility index (Phi) is 9.13. The molecule has 0 aliphatic rings. The van der Waals surface area contributed by atoms with Gasteiger partial charge in [-0.2, -0.15) is 0 Å². The molecule has 7 heteroatoms.